The summed E-state index contributed by atoms with van der Waals surface area (Å²) in [6.45, 7) is 5.31. The van der Waals surface area contributed by atoms with Gasteiger partial charge in [0.2, 0.25) is 5.91 Å². The first kappa shape index (κ1) is 16.1. The Hall–Kier alpha value is -2.27. The van der Waals surface area contributed by atoms with Crippen molar-refractivity contribution >= 4 is 5.91 Å². The summed E-state index contributed by atoms with van der Waals surface area (Å²) in [5, 5.41) is 5.90. The Morgan fingerprint density at radius 3 is 2.59 bits per heavy atom. The van der Waals surface area contributed by atoms with Gasteiger partial charge in [-0.15, -0.1) is 0 Å². The number of rotatable bonds is 8. The van der Waals surface area contributed by atoms with Crippen LogP contribution in [0.25, 0.3) is 0 Å². The summed E-state index contributed by atoms with van der Waals surface area (Å²) in [5.74, 6) is 1.54. The van der Waals surface area contributed by atoms with Gasteiger partial charge in [0.1, 0.15) is 11.5 Å². The molecule has 0 unspecified atom stereocenters. The van der Waals surface area contributed by atoms with E-state index in [2.05, 4.69) is 10.6 Å². The van der Waals surface area contributed by atoms with E-state index in [-0.39, 0.29) is 18.6 Å². The smallest absolute Gasteiger partial charge is 0.234 e. The molecule has 1 aromatic heterocycles. The normalized spacial score (nSPS) is 10.7. The minimum absolute atomic E-state index is 0.0591. The van der Waals surface area contributed by atoms with Crippen molar-refractivity contribution in [2.24, 2.45) is 0 Å². The van der Waals surface area contributed by atoms with Crippen LogP contribution in [0.15, 0.2) is 47.1 Å². The van der Waals surface area contributed by atoms with Gasteiger partial charge < -0.3 is 19.8 Å². The fourth-order valence-electron chi connectivity index (χ4n) is 1.94. The van der Waals surface area contributed by atoms with Crippen molar-refractivity contribution < 1.29 is 13.9 Å². The molecule has 0 atom stereocenters. The van der Waals surface area contributed by atoms with Gasteiger partial charge in [-0.3, -0.25) is 4.79 Å². The van der Waals surface area contributed by atoms with Gasteiger partial charge in [-0.25, -0.2) is 0 Å². The number of carbonyl (C=O) groups excluding carboxylic acids is 1. The second-order valence-corrected chi connectivity index (χ2v) is 5.27. The predicted octanol–water partition coefficient (Wildman–Crippen LogP) is 2.47. The lowest BCUT2D eigenvalue weighted by Gasteiger charge is -2.10. The highest BCUT2D eigenvalue weighted by atomic mass is 16.5. The molecular formula is C17H22N2O3. The molecule has 0 aliphatic heterocycles. The second kappa shape index (κ2) is 8.24. The monoisotopic (exact) mass is 302 g/mol. The molecule has 22 heavy (non-hydrogen) atoms. The Morgan fingerprint density at radius 2 is 1.95 bits per heavy atom. The van der Waals surface area contributed by atoms with Crippen LogP contribution in [0.5, 0.6) is 5.75 Å². The van der Waals surface area contributed by atoms with Crippen molar-refractivity contribution in [3.05, 3.63) is 54.0 Å². The van der Waals surface area contributed by atoms with Crippen molar-refractivity contribution in [3.63, 3.8) is 0 Å². The van der Waals surface area contributed by atoms with Crippen LogP contribution in [0, 0.1) is 0 Å². The van der Waals surface area contributed by atoms with Crippen molar-refractivity contribution in [2.45, 2.75) is 33.0 Å². The molecule has 0 aliphatic carbocycles. The van der Waals surface area contributed by atoms with Gasteiger partial charge in [-0.2, -0.15) is 0 Å². The number of carbonyl (C=O) groups is 1. The van der Waals surface area contributed by atoms with E-state index in [4.69, 9.17) is 9.15 Å². The fraction of sp³-hybridized carbons (Fsp3) is 0.353. The molecule has 0 bridgehead atoms. The van der Waals surface area contributed by atoms with Gasteiger partial charge in [0.25, 0.3) is 0 Å². The lowest BCUT2D eigenvalue weighted by molar-refractivity contribution is -0.120. The van der Waals surface area contributed by atoms with Gasteiger partial charge in [0.05, 0.1) is 25.5 Å². The van der Waals surface area contributed by atoms with Gasteiger partial charge >= 0.3 is 0 Å². The third-order valence-electron chi connectivity index (χ3n) is 2.95. The summed E-state index contributed by atoms with van der Waals surface area (Å²) in [5.41, 5.74) is 1.11. The largest absolute Gasteiger partial charge is 0.491 e. The van der Waals surface area contributed by atoms with Crippen LogP contribution in [0.3, 0.4) is 0 Å². The molecule has 2 N–H and O–H groups in total. The zero-order chi connectivity index (χ0) is 15.8. The van der Waals surface area contributed by atoms with Crippen LogP contribution in [-0.4, -0.2) is 18.6 Å². The molecule has 0 aliphatic rings. The third-order valence-corrected chi connectivity index (χ3v) is 2.95. The molecule has 0 fully saturated rings. The average molecular weight is 302 g/mol. The van der Waals surface area contributed by atoms with E-state index in [0.29, 0.717) is 13.1 Å². The first-order valence-corrected chi connectivity index (χ1v) is 7.39. The topological polar surface area (TPSA) is 63.5 Å². The number of hydrogen-bond acceptors (Lipinski definition) is 4. The molecule has 0 radical (unpaired) electrons. The molecule has 0 saturated heterocycles. The summed E-state index contributed by atoms with van der Waals surface area (Å²) in [6, 6.07) is 11.5. The minimum atomic E-state index is -0.0591. The van der Waals surface area contributed by atoms with E-state index >= 15 is 0 Å². The number of hydrogen-bond donors (Lipinski definition) is 2. The van der Waals surface area contributed by atoms with Crippen molar-refractivity contribution in [2.75, 3.05) is 6.54 Å². The second-order valence-electron chi connectivity index (χ2n) is 5.27. The van der Waals surface area contributed by atoms with Crippen LogP contribution in [-0.2, 0) is 17.9 Å². The number of amides is 1. The summed E-state index contributed by atoms with van der Waals surface area (Å²) in [7, 11) is 0. The Morgan fingerprint density at radius 1 is 1.18 bits per heavy atom. The Kier molecular flexibility index (Phi) is 6.03. The standard InChI is InChI=1S/C17H22N2O3/c1-13(2)22-15-7-5-14(6-8-15)10-18-12-17(20)19-11-16-4-3-9-21-16/h3-9,13,18H,10-12H2,1-2H3,(H,19,20). The first-order valence-electron chi connectivity index (χ1n) is 7.39. The maximum atomic E-state index is 11.7. The molecule has 5 nitrogen and oxygen atoms in total. The summed E-state index contributed by atoms with van der Waals surface area (Å²) < 4.78 is 10.7. The van der Waals surface area contributed by atoms with Crippen LogP contribution in [0.4, 0.5) is 0 Å². The Bertz CT molecular complexity index is 562. The van der Waals surface area contributed by atoms with Gasteiger partial charge in [0.15, 0.2) is 0 Å². The molecule has 2 aromatic rings. The summed E-state index contributed by atoms with van der Waals surface area (Å²) in [6.07, 6.45) is 1.76. The maximum absolute atomic E-state index is 11.7. The Labute approximate surface area is 130 Å². The number of ether oxygens (including phenoxy) is 1. The zero-order valence-electron chi connectivity index (χ0n) is 13.0. The molecule has 0 spiro atoms. The van der Waals surface area contributed by atoms with Crippen molar-refractivity contribution in [1.82, 2.24) is 10.6 Å². The van der Waals surface area contributed by atoms with Crippen LogP contribution in [0.2, 0.25) is 0 Å². The van der Waals surface area contributed by atoms with E-state index in [1.165, 1.54) is 0 Å². The van der Waals surface area contributed by atoms with E-state index < -0.39 is 0 Å². The average Bonchev–Trinajstić information content (AvgIpc) is 3.00. The van der Waals surface area contributed by atoms with Crippen LogP contribution >= 0.6 is 0 Å². The predicted molar refractivity (Wildman–Crippen MR) is 84.5 cm³/mol. The maximum Gasteiger partial charge on any atom is 0.234 e. The van der Waals surface area contributed by atoms with Gasteiger partial charge in [-0.05, 0) is 43.7 Å². The third kappa shape index (κ3) is 5.61. The summed E-state index contributed by atoms with van der Waals surface area (Å²) in [4.78, 5) is 11.7. The molecule has 118 valence electrons. The molecule has 0 saturated carbocycles. The lowest BCUT2D eigenvalue weighted by Crippen LogP contribution is -2.33. The van der Waals surface area contributed by atoms with Crippen LogP contribution < -0.4 is 15.4 Å². The van der Waals surface area contributed by atoms with Crippen LogP contribution in [0.1, 0.15) is 25.2 Å². The summed E-state index contributed by atoms with van der Waals surface area (Å²) >= 11 is 0. The van der Waals surface area contributed by atoms with Gasteiger partial charge in [-0.1, -0.05) is 12.1 Å². The van der Waals surface area contributed by atoms with Crippen molar-refractivity contribution in [1.29, 1.82) is 0 Å². The molecule has 5 heteroatoms. The quantitative estimate of drug-likeness (QED) is 0.786. The first-order chi connectivity index (χ1) is 10.6. The highest BCUT2D eigenvalue weighted by Gasteiger charge is 2.03. The van der Waals surface area contributed by atoms with E-state index in [9.17, 15) is 4.79 Å². The molecule has 1 amide bonds. The Balaban J connectivity index is 1.66. The SMILES string of the molecule is CC(C)Oc1ccc(CNCC(=O)NCc2ccco2)cc1. The number of benzene rings is 1. The highest BCUT2D eigenvalue weighted by molar-refractivity contribution is 5.77. The minimum Gasteiger partial charge on any atom is -0.491 e. The van der Waals surface area contributed by atoms with E-state index in [1.807, 2.05) is 44.2 Å². The lowest BCUT2D eigenvalue weighted by atomic mass is 10.2. The zero-order valence-corrected chi connectivity index (χ0v) is 13.0. The molecule has 1 aromatic carbocycles. The highest BCUT2D eigenvalue weighted by Crippen LogP contribution is 2.13. The number of furan rings is 1. The fourth-order valence-corrected chi connectivity index (χ4v) is 1.94. The number of nitrogens with one attached hydrogen (secondary N) is 2. The molecular weight excluding hydrogens is 280 g/mol. The molecule has 1 heterocycles. The van der Waals surface area contributed by atoms with Crippen molar-refractivity contribution in [3.8, 4) is 5.75 Å². The van der Waals surface area contributed by atoms with Gasteiger partial charge in [0, 0.05) is 6.54 Å². The molecule has 2 rings (SSSR count). The van der Waals surface area contributed by atoms with E-state index in [1.54, 1.807) is 12.3 Å². The van der Waals surface area contributed by atoms with E-state index in [0.717, 1.165) is 17.1 Å².